The first-order valence-electron chi connectivity index (χ1n) is 12.8. The monoisotopic (exact) mass is 960 g/mol. The van der Waals surface area contributed by atoms with E-state index in [4.69, 9.17) is 0 Å². The van der Waals surface area contributed by atoms with Gasteiger partial charge < -0.3 is 0 Å². The predicted molar refractivity (Wildman–Crippen MR) is 199 cm³/mol. The van der Waals surface area contributed by atoms with Crippen LogP contribution in [0.5, 0.6) is 0 Å². The summed E-state index contributed by atoms with van der Waals surface area (Å²) >= 11 is -3.65. The summed E-state index contributed by atoms with van der Waals surface area (Å²) in [5, 5.41) is 0. The fraction of sp³-hybridized carbons (Fsp3) is 0. The van der Waals surface area contributed by atoms with Crippen LogP contribution in [0.25, 0.3) is 0 Å². The number of halogens is 2. The second-order valence-corrected chi connectivity index (χ2v) is 21.4. The first-order valence-corrected chi connectivity index (χ1v) is 20.5. The van der Waals surface area contributed by atoms with Crippen molar-refractivity contribution in [3.63, 3.8) is 0 Å². The Kier molecular flexibility index (Phi) is 14.9. The maximum atomic E-state index is 2.28. The van der Waals surface area contributed by atoms with Crippen molar-refractivity contribution < 1.29 is 0 Å². The van der Waals surface area contributed by atoms with Gasteiger partial charge in [-0.1, -0.05) is 0 Å². The molecule has 6 rings (SSSR count). The molecule has 0 atom stereocenters. The molecule has 4 heteroatoms. The van der Waals surface area contributed by atoms with Gasteiger partial charge in [-0.15, -0.1) is 48.0 Å². The average molecular weight is 962 g/mol. The molecule has 0 fully saturated rings. The molecule has 0 saturated carbocycles. The molecule has 0 radical (unpaired) electrons. The van der Waals surface area contributed by atoms with Gasteiger partial charge in [-0.25, -0.2) is 0 Å². The Morgan fingerprint density at radius 2 is 0.325 bits per heavy atom. The van der Waals surface area contributed by atoms with E-state index in [1.165, 1.54) is 21.1 Å². The quantitative estimate of drug-likeness (QED) is 0.150. The zero-order valence-corrected chi connectivity index (χ0v) is 31.8. The topological polar surface area (TPSA) is 0 Å². The molecular weight excluding hydrogens is 930 g/mol. The Hall–Kier alpha value is -1.58. The van der Waals surface area contributed by atoms with Gasteiger partial charge in [0.2, 0.25) is 0 Å². The first-order chi connectivity index (χ1) is 18.9. The van der Waals surface area contributed by atoms with Gasteiger partial charge in [0.15, 0.2) is 0 Å². The zero-order valence-electron chi connectivity index (χ0n) is 22.0. The van der Waals surface area contributed by atoms with Crippen molar-refractivity contribution in [2.24, 2.45) is 0 Å². The molecule has 0 aliphatic rings. The summed E-state index contributed by atoms with van der Waals surface area (Å²) in [7, 11) is 0. The summed E-state index contributed by atoms with van der Waals surface area (Å²) in [5.41, 5.74) is 0. The number of rotatable bonds is 6. The number of hydrogen-bond acceptors (Lipinski definition) is 0. The van der Waals surface area contributed by atoms with Gasteiger partial charge in [-0.05, 0) is 0 Å². The Morgan fingerprint density at radius 3 is 0.450 bits per heavy atom. The Bertz CT molecular complexity index is 1180. The minimum absolute atomic E-state index is 0. The Balaban J connectivity index is 0.000000210. The van der Waals surface area contributed by atoms with Gasteiger partial charge in [0, 0.05) is 0 Å². The molecule has 6 aromatic rings. The Morgan fingerprint density at radius 1 is 0.200 bits per heavy atom. The summed E-state index contributed by atoms with van der Waals surface area (Å²) < 4.78 is 9.10. The second-order valence-electron chi connectivity index (χ2n) is 8.68. The van der Waals surface area contributed by atoms with E-state index in [2.05, 4.69) is 182 Å². The van der Waals surface area contributed by atoms with Crippen molar-refractivity contribution >= 4 is 109 Å². The van der Waals surface area contributed by atoms with Gasteiger partial charge in [0.1, 0.15) is 0 Å². The van der Waals surface area contributed by atoms with Gasteiger partial charge in [-0.3, -0.25) is 0 Å². The van der Waals surface area contributed by atoms with Gasteiger partial charge in [-0.2, -0.15) is 0 Å². The normalized spacial score (nSPS) is 10.1. The van der Waals surface area contributed by atoms with Crippen molar-refractivity contribution in [1.29, 1.82) is 0 Å². The molecule has 0 aliphatic carbocycles. The van der Waals surface area contributed by atoms with Crippen molar-refractivity contribution in [1.82, 2.24) is 0 Å². The molecule has 200 valence electrons. The summed E-state index contributed by atoms with van der Waals surface area (Å²) in [6, 6.07) is 65.8. The average Bonchev–Trinajstić information content (AvgIpc) is 3.01. The SMILES string of the molecule is I.I.c1cc[c]([Sb]([c]2ccccc2)[c]2ccccc2)cc1.c1cc[c]([Sb]([c]2ccccc2)[c]2ccccc2)cc1. The molecule has 0 saturated heterocycles. The second kappa shape index (κ2) is 18.1. The fourth-order valence-corrected chi connectivity index (χ4v) is 17.5. The van der Waals surface area contributed by atoms with Crippen LogP contribution in [0.1, 0.15) is 0 Å². The van der Waals surface area contributed by atoms with Crippen molar-refractivity contribution in [3.8, 4) is 0 Å². The van der Waals surface area contributed by atoms with Gasteiger partial charge >= 0.3 is 243 Å². The molecule has 0 unspecified atom stereocenters. The first kappa shape index (κ1) is 32.9. The van der Waals surface area contributed by atoms with Crippen LogP contribution in [-0.2, 0) is 0 Å². The van der Waals surface area contributed by atoms with E-state index in [0.717, 1.165) is 0 Å². The van der Waals surface area contributed by atoms with E-state index in [1.807, 2.05) is 0 Å². The van der Waals surface area contributed by atoms with Crippen molar-refractivity contribution in [2.45, 2.75) is 0 Å². The molecule has 0 amide bonds. The summed E-state index contributed by atoms with van der Waals surface area (Å²) in [6.45, 7) is 0. The molecule has 40 heavy (non-hydrogen) atoms. The molecule has 0 aromatic heterocycles. The zero-order chi connectivity index (χ0) is 25.8. The van der Waals surface area contributed by atoms with E-state index in [-0.39, 0.29) is 48.0 Å². The Labute approximate surface area is 287 Å². The van der Waals surface area contributed by atoms with E-state index in [9.17, 15) is 0 Å². The summed E-state index contributed by atoms with van der Waals surface area (Å²) in [5.74, 6) is 0. The van der Waals surface area contributed by atoms with Crippen LogP contribution in [-0.4, -0.2) is 40.4 Å². The molecule has 0 heterocycles. The number of benzene rings is 6. The predicted octanol–water partition coefficient (Wildman–Crippen LogP) is 5.64. The van der Waals surface area contributed by atoms with Crippen LogP contribution >= 0.6 is 48.0 Å². The third-order valence-electron chi connectivity index (χ3n) is 6.09. The molecule has 0 spiro atoms. The van der Waals surface area contributed by atoms with E-state index >= 15 is 0 Å². The van der Waals surface area contributed by atoms with Gasteiger partial charge in [0.25, 0.3) is 0 Å². The van der Waals surface area contributed by atoms with Crippen LogP contribution in [0.15, 0.2) is 182 Å². The van der Waals surface area contributed by atoms with E-state index in [1.54, 1.807) is 0 Å². The molecular formula is C36H32I2Sb2. The molecule has 0 N–H and O–H groups in total. The van der Waals surface area contributed by atoms with E-state index < -0.39 is 40.4 Å². The van der Waals surface area contributed by atoms with Crippen LogP contribution in [0.4, 0.5) is 0 Å². The third kappa shape index (κ3) is 9.21. The van der Waals surface area contributed by atoms with Gasteiger partial charge in [0.05, 0.1) is 0 Å². The van der Waals surface area contributed by atoms with Crippen molar-refractivity contribution in [2.75, 3.05) is 0 Å². The van der Waals surface area contributed by atoms with Crippen LogP contribution < -0.4 is 21.1 Å². The molecule has 0 bridgehead atoms. The molecule has 0 aliphatic heterocycles. The molecule has 0 nitrogen and oxygen atoms in total. The summed E-state index contributed by atoms with van der Waals surface area (Å²) in [4.78, 5) is 0. The minimum atomic E-state index is -1.83. The van der Waals surface area contributed by atoms with E-state index in [0.29, 0.717) is 0 Å². The third-order valence-corrected chi connectivity index (χ3v) is 20.0. The maximum absolute atomic E-state index is 2.28. The molecule has 6 aromatic carbocycles. The van der Waals surface area contributed by atoms with Crippen LogP contribution in [0.3, 0.4) is 0 Å². The van der Waals surface area contributed by atoms with Crippen molar-refractivity contribution in [3.05, 3.63) is 182 Å². The number of hydrogen-bond donors (Lipinski definition) is 0. The van der Waals surface area contributed by atoms with Crippen LogP contribution in [0.2, 0.25) is 0 Å². The van der Waals surface area contributed by atoms with Crippen LogP contribution in [0, 0.1) is 0 Å². The summed E-state index contributed by atoms with van der Waals surface area (Å²) in [6.07, 6.45) is 0. The standard InChI is InChI=1S/6C6H5.2HI.2Sb/c6*1-2-4-6-5-3-1;;;;/h6*1-5H;2*1H;;. The fourth-order valence-electron chi connectivity index (χ4n) is 4.36.